The monoisotopic (exact) mass is 248 g/mol. The fraction of sp³-hybridized carbons (Fsp3) is 1.00. The van der Waals surface area contributed by atoms with Gasteiger partial charge >= 0.3 is 0 Å². The Morgan fingerprint density at radius 3 is 2.50 bits per heavy atom. The highest BCUT2D eigenvalue weighted by Gasteiger charge is 2.37. The summed E-state index contributed by atoms with van der Waals surface area (Å²) in [5.41, 5.74) is 0. The van der Waals surface area contributed by atoms with Crippen LogP contribution in [0.3, 0.4) is 0 Å². The molecule has 0 aromatic carbocycles. The predicted molar refractivity (Wildman–Crippen MR) is 61.1 cm³/mol. The molecule has 2 aliphatic rings. The van der Waals surface area contributed by atoms with Crippen molar-refractivity contribution in [1.82, 2.24) is 8.61 Å². The molecule has 2 fully saturated rings. The minimum absolute atomic E-state index is 0.0940. The fourth-order valence-corrected chi connectivity index (χ4v) is 4.40. The highest BCUT2D eigenvalue weighted by Crippen LogP contribution is 2.24. The van der Waals surface area contributed by atoms with Gasteiger partial charge in [0.15, 0.2) is 0 Å². The van der Waals surface area contributed by atoms with Crippen LogP contribution in [0.15, 0.2) is 0 Å². The number of β-amino-alcohol motifs (C(OH)–C–C–N with tert-alkyl or cyclic N) is 1. The standard InChI is InChI=1S/C10H20N2O3S/c1-9-4-2-3-6-12(9)16(14,15)11-7-5-10(13)8-11/h9-10,13H,2-8H2,1H3/t9?,10-/m1/s1. The molecular weight excluding hydrogens is 228 g/mol. The number of aliphatic hydroxyl groups excluding tert-OH is 1. The van der Waals surface area contributed by atoms with Gasteiger partial charge in [-0.25, -0.2) is 0 Å². The highest BCUT2D eigenvalue weighted by atomic mass is 32.2. The Bertz CT molecular complexity index is 344. The van der Waals surface area contributed by atoms with Crippen LogP contribution in [0, 0.1) is 0 Å². The zero-order chi connectivity index (χ0) is 11.8. The molecule has 2 saturated heterocycles. The summed E-state index contributed by atoms with van der Waals surface area (Å²) in [4.78, 5) is 0. The van der Waals surface area contributed by atoms with Crippen LogP contribution in [-0.2, 0) is 10.2 Å². The molecule has 5 nitrogen and oxygen atoms in total. The van der Waals surface area contributed by atoms with Crippen LogP contribution in [0.25, 0.3) is 0 Å². The molecule has 2 atom stereocenters. The van der Waals surface area contributed by atoms with Crippen LogP contribution in [-0.4, -0.2) is 53.9 Å². The molecule has 2 heterocycles. The Hall–Kier alpha value is -0.170. The molecule has 0 radical (unpaired) electrons. The van der Waals surface area contributed by atoms with Crippen molar-refractivity contribution in [3.63, 3.8) is 0 Å². The second kappa shape index (κ2) is 4.60. The number of piperidine rings is 1. The Kier molecular flexibility index (Phi) is 3.53. The van der Waals surface area contributed by atoms with Gasteiger partial charge in [-0.2, -0.15) is 17.0 Å². The van der Waals surface area contributed by atoms with Gasteiger partial charge in [0.1, 0.15) is 0 Å². The summed E-state index contributed by atoms with van der Waals surface area (Å²) in [6, 6.07) is 0.0940. The third kappa shape index (κ3) is 2.25. The van der Waals surface area contributed by atoms with Crippen molar-refractivity contribution in [3.05, 3.63) is 0 Å². The van der Waals surface area contributed by atoms with Gasteiger partial charge in [-0.15, -0.1) is 0 Å². The lowest BCUT2D eigenvalue weighted by atomic mass is 10.1. The highest BCUT2D eigenvalue weighted by molar-refractivity contribution is 7.86. The molecule has 0 aromatic heterocycles. The second-order valence-electron chi connectivity index (χ2n) is 4.76. The Morgan fingerprint density at radius 2 is 1.94 bits per heavy atom. The van der Waals surface area contributed by atoms with E-state index in [-0.39, 0.29) is 12.6 Å². The van der Waals surface area contributed by atoms with E-state index >= 15 is 0 Å². The predicted octanol–water partition coefficient (Wildman–Crippen LogP) is 0.172. The van der Waals surface area contributed by atoms with Crippen LogP contribution < -0.4 is 0 Å². The molecular formula is C10H20N2O3S. The lowest BCUT2D eigenvalue weighted by Gasteiger charge is -2.35. The van der Waals surface area contributed by atoms with E-state index in [1.165, 1.54) is 4.31 Å². The molecule has 1 unspecified atom stereocenters. The van der Waals surface area contributed by atoms with Crippen LogP contribution >= 0.6 is 0 Å². The van der Waals surface area contributed by atoms with Gasteiger partial charge in [0.25, 0.3) is 10.2 Å². The van der Waals surface area contributed by atoms with Gasteiger partial charge in [0.2, 0.25) is 0 Å². The van der Waals surface area contributed by atoms with Gasteiger partial charge in [0, 0.05) is 25.7 Å². The average Bonchev–Trinajstić information content (AvgIpc) is 2.66. The number of aliphatic hydroxyl groups is 1. The summed E-state index contributed by atoms with van der Waals surface area (Å²) >= 11 is 0. The van der Waals surface area contributed by atoms with Crippen LogP contribution in [0.2, 0.25) is 0 Å². The quantitative estimate of drug-likeness (QED) is 0.758. The van der Waals surface area contributed by atoms with E-state index in [1.54, 1.807) is 4.31 Å². The van der Waals surface area contributed by atoms with E-state index < -0.39 is 16.3 Å². The smallest absolute Gasteiger partial charge is 0.282 e. The maximum atomic E-state index is 12.3. The molecule has 0 amide bonds. The molecule has 0 aliphatic carbocycles. The third-order valence-electron chi connectivity index (χ3n) is 3.49. The topological polar surface area (TPSA) is 60.9 Å². The van der Waals surface area contributed by atoms with E-state index in [0.29, 0.717) is 19.5 Å². The van der Waals surface area contributed by atoms with E-state index in [9.17, 15) is 13.5 Å². The van der Waals surface area contributed by atoms with Crippen molar-refractivity contribution in [2.75, 3.05) is 19.6 Å². The van der Waals surface area contributed by atoms with Crippen molar-refractivity contribution in [1.29, 1.82) is 0 Å². The van der Waals surface area contributed by atoms with E-state index in [2.05, 4.69) is 0 Å². The van der Waals surface area contributed by atoms with Crippen LogP contribution in [0.5, 0.6) is 0 Å². The van der Waals surface area contributed by atoms with Crippen molar-refractivity contribution < 1.29 is 13.5 Å². The first-order valence-corrected chi connectivity index (χ1v) is 7.36. The summed E-state index contributed by atoms with van der Waals surface area (Å²) in [6.45, 7) is 3.29. The van der Waals surface area contributed by atoms with Crippen molar-refractivity contribution >= 4 is 10.2 Å². The number of hydrogen-bond acceptors (Lipinski definition) is 3. The number of rotatable bonds is 2. The first-order valence-electron chi connectivity index (χ1n) is 5.97. The summed E-state index contributed by atoms with van der Waals surface area (Å²) in [6.07, 6.45) is 3.06. The van der Waals surface area contributed by atoms with Gasteiger partial charge < -0.3 is 5.11 Å². The van der Waals surface area contributed by atoms with Crippen molar-refractivity contribution in [2.24, 2.45) is 0 Å². The maximum absolute atomic E-state index is 12.3. The van der Waals surface area contributed by atoms with Gasteiger partial charge in [-0.1, -0.05) is 6.42 Å². The molecule has 0 spiro atoms. The number of nitrogens with zero attached hydrogens (tertiary/aromatic N) is 2. The number of hydrogen-bond donors (Lipinski definition) is 1. The maximum Gasteiger partial charge on any atom is 0.282 e. The first kappa shape index (κ1) is 12.3. The minimum Gasteiger partial charge on any atom is -0.392 e. The molecule has 0 saturated carbocycles. The average molecular weight is 248 g/mol. The largest absolute Gasteiger partial charge is 0.392 e. The Balaban J connectivity index is 2.11. The fourth-order valence-electron chi connectivity index (χ4n) is 2.48. The lowest BCUT2D eigenvalue weighted by Crippen LogP contribution is -2.49. The normalized spacial score (nSPS) is 34.4. The summed E-state index contributed by atoms with van der Waals surface area (Å²) < 4.78 is 27.6. The Labute approximate surface area is 97.2 Å². The summed E-state index contributed by atoms with van der Waals surface area (Å²) in [5, 5.41) is 9.40. The zero-order valence-electron chi connectivity index (χ0n) is 9.67. The lowest BCUT2D eigenvalue weighted by molar-refractivity contribution is 0.185. The summed E-state index contributed by atoms with van der Waals surface area (Å²) in [7, 11) is -3.34. The summed E-state index contributed by atoms with van der Waals surface area (Å²) in [5.74, 6) is 0. The van der Waals surface area contributed by atoms with Crippen LogP contribution in [0.4, 0.5) is 0 Å². The molecule has 1 N–H and O–H groups in total. The van der Waals surface area contributed by atoms with Gasteiger partial charge in [0.05, 0.1) is 6.10 Å². The SMILES string of the molecule is CC1CCCCN1S(=O)(=O)N1CC[C@@H](O)C1. The molecule has 0 bridgehead atoms. The second-order valence-corrected chi connectivity index (χ2v) is 6.64. The molecule has 2 aliphatic heterocycles. The minimum atomic E-state index is -3.34. The molecule has 6 heteroatoms. The Morgan fingerprint density at radius 1 is 1.19 bits per heavy atom. The van der Waals surface area contributed by atoms with Gasteiger partial charge in [-0.3, -0.25) is 0 Å². The van der Waals surface area contributed by atoms with Crippen molar-refractivity contribution in [2.45, 2.75) is 44.8 Å². The molecule has 0 aromatic rings. The first-order chi connectivity index (χ1) is 7.51. The van der Waals surface area contributed by atoms with E-state index in [0.717, 1.165) is 19.3 Å². The van der Waals surface area contributed by atoms with Crippen LogP contribution in [0.1, 0.15) is 32.6 Å². The molecule has 16 heavy (non-hydrogen) atoms. The third-order valence-corrected chi connectivity index (χ3v) is 5.61. The van der Waals surface area contributed by atoms with Crippen molar-refractivity contribution in [3.8, 4) is 0 Å². The molecule has 94 valence electrons. The van der Waals surface area contributed by atoms with E-state index in [4.69, 9.17) is 0 Å². The van der Waals surface area contributed by atoms with E-state index in [1.807, 2.05) is 6.92 Å². The molecule has 2 rings (SSSR count). The van der Waals surface area contributed by atoms with Gasteiger partial charge in [-0.05, 0) is 26.2 Å². The zero-order valence-corrected chi connectivity index (χ0v) is 10.5.